The van der Waals surface area contributed by atoms with Crippen LogP contribution in [0.15, 0.2) is 11.6 Å². The second-order valence-electron chi connectivity index (χ2n) is 18.4. The van der Waals surface area contributed by atoms with Crippen molar-refractivity contribution in [1.29, 1.82) is 0 Å². The summed E-state index contributed by atoms with van der Waals surface area (Å²) < 4.78 is 13.2. The van der Waals surface area contributed by atoms with Gasteiger partial charge in [0.2, 0.25) is 0 Å². The molecule has 3 saturated carbocycles. The molecule has 0 bridgehead atoms. The van der Waals surface area contributed by atoms with Crippen LogP contribution in [0, 0.1) is 40.4 Å². The van der Waals surface area contributed by atoms with Gasteiger partial charge in [-0.15, -0.1) is 0 Å². The second-order valence-corrected chi connectivity index (χ2v) is 18.4. The van der Waals surface area contributed by atoms with Crippen molar-refractivity contribution in [3.05, 3.63) is 11.6 Å². The van der Waals surface area contributed by atoms with Crippen molar-refractivity contribution >= 4 is 0 Å². The zero-order chi connectivity index (χ0) is 36.4. The van der Waals surface area contributed by atoms with E-state index in [1.807, 2.05) is 0 Å². The number of hydrogen-bond donors (Lipinski definition) is 3. The van der Waals surface area contributed by atoms with Gasteiger partial charge in [-0.05, 0) is 144 Å². The summed E-state index contributed by atoms with van der Waals surface area (Å²) in [6.45, 7) is 15.6. The molecule has 0 aromatic heterocycles. The SMILES string of the molecule is CCCCCCCCCCCCCCCCNCCC[C@@H](C)C1=CC[C@H]2C3[C@H](OCCCN)CC4C[C@H](OCCCN)CCC4(C)[C@H]3CCC12C. The number of rotatable bonds is 28. The summed E-state index contributed by atoms with van der Waals surface area (Å²) in [6, 6.07) is 0. The lowest BCUT2D eigenvalue weighted by molar-refractivity contribution is -0.185. The Kier molecular flexibility index (Phi) is 19.9. The summed E-state index contributed by atoms with van der Waals surface area (Å²) >= 11 is 0. The summed E-state index contributed by atoms with van der Waals surface area (Å²) in [7, 11) is 0. The van der Waals surface area contributed by atoms with Gasteiger partial charge in [0.1, 0.15) is 0 Å². The monoisotopic (exact) mass is 714 g/mol. The molecule has 298 valence electrons. The molecule has 5 nitrogen and oxygen atoms in total. The first-order valence-corrected chi connectivity index (χ1v) is 22.9. The van der Waals surface area contributed by atoms with Crippen molar-refractivity contribution in [3.8, 4) is 0 Å². The number of nitrogens with one attached hydrogen (secondary N) is 1. The standard InChI is InChI=1S/C46H87N3O2/c1-5-6-7-8-9-10-11-12-13-14-15-16-17-18-31-49-32-19-22-37(2)40-23-24-41-44-42(26-28-46(40,41)4)45(3)27-25-39(50-33-20-29-47)35-38(45)36-43(44)51-34-21-30-48/h23,37-39,41-44,49H,5-22,24-36,47-48H2,1-4H3/t37-,38?,39-,41+,42+,43-,44?,45?,46?/m1/s1. The minimum absolute atomic E-state index is 0.337. The molecule has 0 spiro atoms. The van der Waals surface area contributed by atoms with E-state index in [0.717, 1.165) is 51.0 Å². The average Bonchev–Trinajstić information content (AvgIpc) is 3.48. The maximum absolute atomic E-state index is 6.87. The molecule has 0 aromatic rings. The summed E-state index contributed by atoms with van der Waals surface area (Å²) in [4.78, 5) is 0. The number of ether oxygens (including phenoxy) is 2. The molecule has 0 saturated heterocycles. The molecule has 0 heterocycles. The number of nitrogens with two attached hydrogens (primary N) is 2. The number of hydrogen-bond acceptors (Lipinski definition) is 5. The Morgan fingerprint density at radius 3 is 1.98 bits per heavy atom. The van der Waals surface area contributed by atoms with E-state index >= 15 is 0 Å². The third kappa shape index (κ3) is 12.5. The summed E-state index contributed by atoms with van der Waals surface area (Å²) in [6.07, 6.45) is 37.0. The number of allylic oxidation sites excluding steroid dienone is 2. The molecule has 5 heteroatoms. The van der Waals surface area contributed by atoms with Crippen LogP contribution in [0.4, 0.5) is 0 Å². The van der Waals surface area contributed by atoms with Crippen molar-refractivity contribution in [1.82, 2.24) is 5.32 Å². The van der Waals surface area contributed by atoms with Crippen LogP contribution in [0.5, 0.6) is 0 Å². The molecule has 4 rings (SSSR count). The van der Waals surface area contributed by atoms with Crippen LogP contribution in [0.3, 0.4) is 0 Å². The molecule has 0 radical (unpaired) electrons. The van der Waals surface area contributed by atoms with Crippen molar-refractivity contribution in [2.24, 2.45) is 51.9 Å². The van der Waals surface area contributed by atoms with Crippen LogP contribution in [0.2, 0.25) is 0 Å². The average molecular weight is 714 g/mol. The first kappa shape index (κ1) is 43.3. The largest absolute Gasteiger partial charge is 0.378 e. The highest BCUT2D eigenvalue weighted by atomic mass is 16.5. The van der Waals surface area contributed by atoms with Crippen LogP contribution in [0.25, 0.3) is 0 Å². The highest BCUT2D eigenvalue weighted by Gasteiger charge is 2.62. The normalized spacial score (nSPS) is 32.3. The zero-order valence-corrected chi connectivity index (χ0v) is 34.5. The van der Waals surface area contributed by atoms with Crippen LogP contribution >= 0.6 is 0 Å². The molecule has 4 aliphatic rings. The van der Waals surface area contributed by atoms with Crippen molar-refractivity contribution in [2.75, 3.05) is 39.4 Å². The fourth-order valence-electron chi connectivity index (χ4n) is 11.8. The van der Waals surface area contributed by atoms with E-state index in [4.69, 9.17) is 20.9 Å². The van der Waals surface area contributed by atoms with Gasteiger partial charge >= 0.3 is 0 Å². The first-order chi connectivity index (χ1) is 24.9. The Bertz CT molecular complexity index is 957. The van der Waals surface area contributed by atoms with Gasteiger partial charge in [-0.25, -0.2) is 0 Å². The third-order valence-corrected chi connectivity index (χ3v) is 14.9. The van der Waals surface area contributed by atoms with Gasteiger partial charge in [-0.2, -0.15) is 0 Å². The van der Waals surface area contributed by atoms with Gasteiger partial charge in [0.05, 0.1) is 12.2 Å². The van der Waals surface area contributed by atoms with Gasteiger partial charge in [-0.3, -0.25) is 0 Å². The molecular weight excluding hydrogens is 627 g/mol. The minimum atomic E-state index is 0.337. The van der Waals surface area contributed by atoms with Gasteiger partial charge in [0.15, 0.2) is 0 Å². The third-order valence-electron chi connectivity index (χ3n) is 14.9. The second kappa shape index (κ2) is 23.5. The lowest BCUT2D eigenvalue weighted by Gasteiger charge is -2.63. The van der Waals surface area contributed by atoms with E-state index in [1.165, 1.54) is 161 Å². The van der Waals surface area contributed by atoms with Crippen LogP contribution in [-0.4, -0.2) is 51.6 Å². The summed E-state index contributed by atoms with van der Waals surface area (Å²) in [5.74, 6) is 3.55. The maximum Gasteiger partial charge on any atom is 0.0612 e. The predicted octanol–water partition coefficient (Wildman–Crippen LogP) is 11.1. The molecule has 3 fully saturated rings. The first-order valence-electron chi connectivity index (χ1n) is 22.9. The molecule has 4 aliphatic carbocycles. The topological polar surface area (TPSA) is 82.5 Å². The van der Waals surface area contributed by atoms with Crippen LogP contribution < -0.4 is 16.8 Å². The highest BCUT2D eigenvalue weighted by Crippen LogP contribution is 2.67. The Balaban J connectivity index is 1.15. The Morgan fingerprint density at radius 1 is 0.725 bits per heavy atom. The molecular formula is C46H87N3O2. The van der Waals surface area contributed by atoms with E-state index in [0.29, 0.717) is 40.8 Å². The molecule has 0 aliphatic heterocycles. The quantitative estimate of drug-likeness (QED) is 0.0555. The molecule has 9 atom stereocenters. The number of unbranched alkanes of at least 4 members (excludes halogenated alkanes) is 13. The van der Waals surface area contributed by atoms with E-state index in [9.17, 15) is 0 Å². The molecule has 5 N–H and O–H groups in total. The van der Waals surface area contributed by atoms with Crippen molar-refractivity contribution in [2.45, 2.75) is 200 Å². The van der Waals surface area contributed by atoms with Crippen LogP contribution in [0.1, 0.15) is 188 Å². The van der Waals surface area contributed by atoms with E-state index < -0.39 is 0 Å². The lowest BCUT2D eigenvalue weighted by atomic mass is 9.43. The lowest BCUT2D eigenvalue weighted by Crippen LogP contribution is -2.59. The molecule has 51 heavy (non-hydrogen) atoms. The Labute approximate surface area is 317 Å². The van der Waals surface area contributed by atoms with E-state index in [1.54, 1.807) is 5.57 Å². The van der Waals surface area contributed by atoms with Gasteiger partial charge in [0.25, 0.3) is 0 Å². The maximum atomic E-state index is 6.87. The Hall–Kier alpha value is -0.460. The summed E-state index contributed by atoms with van der Waals surface area (Å²) in [5, 5.41) is 3.80. The Morgan fingerprint density at radius 2 is 1.33 bits per heavy atom. The zero-order valence-electron chi connectivity index (χ0n) is 34.5. The highest BCUT2D eigenvalue weighted by molar-refractivity contribution is 5.28. The van der Waals surface area contributed by atoms with Gasteiger partial charge in [0, 0.05) is 13.2 Å². The molecule has 0 aromatic carbocycles. The minimum Gasteiger partial charge on any atom is -0.378 e. The van der Waals surface area contributed by atoms with E-state index in [2.05, 4.69) is 39.1 Å². The fourth-order valence-corrected chi connectivity index (χ4v) is 11.8. The van der Waals surface area contributed by atoms with Crippen molar-refractivity contribution in [3.63, 3.8) is 0 Å². The molecule has 4 unspecified atom stereocenters. The van der Waals surface area contributed by atoms with Crippen molar-refractivity contribution < 1.29 is 9.47 Å². The molecule has 0 amide bonds. The summed E-state index contributed by atoms with van der Waals surface area (Å²) in [5.41, 5.74) is 14.3. The van der Waals surface area contributed by atoms with Gasteiger partial charge in [-0.1, -0.05) is 123 Å². The van der Waals surface area contributed by atoms with Gasteiger partial charge < -0.3 is 26.3 Å². The van der Waals surface area contributed by atoms with E-state index in [-0.39, 0.29) is 0 Å². The fraction of sp³-hybridized carbons (Fsp3) is 0.957. The smallest absolute Gasteiger partial charge is 0.0612 e. The predicted molar refractivity (Wildman–Crippen MR) is 219 cm³/mol. The number of fused-ring (bicyclic) bond motifs is 5. The van der Waals surface area contributed by atoms with Crippen LogP contribution in [-0.2, 0) is 9.47 Å².